The van der Waals surface area contributed by atoms with Crippen molar-refractivity contribution in [3.05, 3.63) is 58.4 Å². The molecule has 0 unspecified atom stereocenters. The molecule has 0 aliphatic heterocycles. The van der Waals surface area contributed by atoms with Crippen LogP contribution < -0.4 is 5.32 Å². The van der Waals surface area contributed by atoms with Crippen molar-refractivity contribution < 1.29 is 0 Å². The SMILES string of the molecule is Cc1ccccc1-c1nc(CNc2nnc(-c3cccs3)s2)cs1. The van der Waals surface area contributed by atoms with Gasteiger partial charge in [0.05, 0.1) is 17.1 Å². The van der Waals surface area contributed by atoms with Crippen LogP contribution >= 0.6 is 34.0 Å². The Balaban J connectivity index is 1.45. The maximum absolute atomic E-state index is 4.73. The van der Waals surface area contributed by atoms with E-state index in [2.05, 4.69) is 58.1 Å². The van der Waals surface area contributed by atoms with Gasteiger partial charge in [-0.25, -0.2) is 4.98 Å². The van der Waals surface area contributed by atoms with E-state index in [1.165, 1.54) is 11.1 Å². The van der Waals surface area contributed by atoms with Crippen LogP contribution in [0.3, 0.4) is 0 Å². The highest BCUT2D eigenvalue weighted by atomic mass is 32.1. The van der Waals surface area contributed by atoms with Crippen molar-refractivity contribution in [2.45, 2.75) is 13.5 Å². The van der Waals surface area contributed by atoms with Crippen LogP contribution in [0.5, 0.6) is 0 Å². The minimum Gasteiger partial charge on any atom is -0.354 e. The van der Waals surface area contributed by atoms with E-state index in [1.54, 1.807) is 34.0 Å². The van der Waals surface area contributed by atoms with Gasteiger partial charge in [0.2, 0.25) is 5.13 Å². The van der Waals surface area contributed by atoms with Gasteiger partial charge in [-0.2, -0.15) is 0 Å². The molecule has 0 saturated heterocycles. The van der Waals surface area contributed by atoms with E-state index in [0.29, 0.717) is 6.54 Å². The number of thiazole rings is 1. The normalized spacial score (nSPS) is 10.9. The van der Waals surface area contributed by atoms with E-state index in [4.69, 9.17) is 4.98 Å². The highest BCUT2D eigenvalue weighted by Crippen LogP contribution is 2.30. The highest BCUT2D eigenvalue weighted by Gasteiger charge is 2.09. The van der Waals surface area contributed by atoms with Crippen LogP contribution in [0.1, 0.15) is 11.3 Å². The Morgan fingerprint density at radius 3 is 2.75 bits per heavy atom. The van der Waals surface area contributed by atoms with E-state index in [0.717, 1.165) is 25.7 Å². The molecule has 120 valence electrons. The van der Waals surface area contributed by atoms with Crippen molar-refractivity contribution in [2.24, 2.45) is 0 Å². The molecule has 0 saturated carbocycles. The lowest BCUT2D eigenvalue weighted by Crippen LogP contribution is -1.99. The Labute approximate surface area is 151 Å². The molecule has 0 fully saturated rings. The highest BCUT2D eigenvalue weighted by molar-refractivity contribution is 7.22. The van der Waals surface area contributed by atoms with Crippen molar-refractivity contribution in [3.8, 4) is 20.5 Å². The number of aromatic nitrogens is 3. The third kappa shape index (κ3) is 3.24. The molecular formula is C17H14N4S3. The van der Waals surface area contributed by atoms with E-state index in [1.807, 2.05) is 11.4 Å². The van der Waals surface area contributed by atoms with Crippen LogP contribution in [-0.2, 0) is 6.54 Å². The second-order valence-electron chi connectivity index (χ2n) is 5.20. The number of hydrogen-bond acceptors (Lipinski definition) is 7. The first-order valence-electron chi connectivity index (χ1n) is 7.41. The first-order chi connectivity index (χ1) is 11.8. The number of nitrogens with one attached hydrogen (secondary N) is 1. The van der Waals surface area contributed by atoms with E-state index in [-0.39, 0.29) is 0 Å². The Morgan fingerprint density at radius 1 is 1.00 bits per heavy atom. The zero-order chi connectivity index (χ0) is 16.4. The number of nitrogens with zero attached hydrogens (tertiary/aromatic N) is 3. The summed E-state index contributed by atoms with van der Waals surface area (Å²) in [5.41, 5.74) is 3.46. The van der Waals surface area contributed by atoms with Crippen LogP contribution in [0, 0.1) is 6.92 Å². The molecule has 0 radical (unpaired) electrons. The third-order valence-electron chi connectivity index (χ3n) is 3.50. The fourth-order valence-electron chi connectivity index (χ4n) is 2.29. The fraction of sp³-hybridized carbons (Fsp3) is 0.118. The third-order valence-corrected chi connectivity index (χ3v) is 6.35. The quantitative estimate of drug-likeness (QED) is 0.517. The number of anilines is 1. The second-order valence-corrected chi connectivity index (χ2v) is 7.99. The van der Waals surface area contributed by atoms with Crippen molar-refractivity contribution in [3.63, 3.8) is 0 Å². The molecule has 0 atom stereocenters. The zero-order valence-corrected chi connectivity index (χ0v) is 15.3. The molecule has 3 heterocycles. The standard InChI is InChI=1S/C17H14N4S3/c1-11-5-2-3-6-13(11)15-19-12(10-23-15)9-18-17-21-20-16(24-17)14-7-4-8-22-14/h2-8,10H,9H2,1H3,(H,18,21). The first kappa shape index (κ1) is 15.4. The molecule has 4 rings (SSSR count). The lowest BCUT2D eigenvalue weighted by atomic mass is 10.1. The average molecular weight is 371 g/mol. The summed E-state index contributed by atoms with van der Waals surface area (Å²) in [5, 5.41) is 18.7. The van der Waals surface area contributed by atoms with Gasteiger partial charge in [0.15, 0.2) is 5.01 Å². The van der Waals surface area contributed by atoms with Crippen molar-refractivity contribution >= 4 is 39.1 Å². The molecular weight excluding hydrogens is 356 g/mol. The fourth-order valence-corrected chi connectivity index (χ4v) is 4.73. The van der Waals surface area contributed by atoms with E-state index >= 15 is 0 Å². The molecule has 1 N–H and O–H groups in total. The van der Waals surface area contributed by atoms with Gasteiger partial charge in [-0.05, 0) is 23.9 Å². The largest absolute Gasteiger partial charge is 0.354 e. The molecule has 4 nitrogen and oxygen atoms in total. The molecule has 0 amide bonds. The molecule has 0 aliphatic carbocycles. The summed E-state index contributed by atoms with van der Waals surface area (Å²) in [5.74, 6) is 0. The molecule has 0 bridgehead atoms. The maximum Gasteiger partial charge on any atom is 0.206 e. The Hall–Kier alpha value is -2.09. The lowest BCUT2D eigenvalue weighted by Gasteiger charge is -2.01. The summed E-state index contributed by atoms with van der Waals surface area (Å²) >= 11 is 4.92. The summed E-state index contributed by atoms with van der Waals surface area (Å²) in [7, 11) is 0. The van der Waals surface area contributed by atoms with Gasteiger partial charge in [-0.1, -0.05) is 41.7 Å². The summed E-state index contributed by atoms with van der Waals surface area (Å²) in [6.07, 6.45) is 0. The van der Waals surface area contributed by atoms with E-state index < -0.39 is 0 Å². The Bertz CT molecular complexity index is 940. The van der Waals surface area contributed by atoms with Gasteiger partial charge in [-0.3, -0.25) is 0 Å². The molecule has 0 aliphatic rings. The second kappa shape index (κ2) is 6.80. The summed E-state index contributed by atoms with van der Waals surface area (Å²) in [6, 6.07) is 12.4. The van der Waals surface area contributed by atoms with Gasteiger partial charge < -0.3 is 5.32 Å². The smallest absolute Gasteiger partial charge is 0.206 e. The van der Waals surface area contributed by atoms with Crippen LogP contribution in [0.4, 0.5) is 5.13 Å². The predicted molar refractivity (Wildman–Crippen MR) is 103 cm³/mol. The summed E-state index contributed by atoms with van der Waals surface area (Å²) in [4.78, 5) is 5.88. The first-order valence-corrected chi connectivity index (χ1v) is 9.99. The zero-order valence-electron chi connectivity index (χ0n) is 12.9. The van der Waals surface area contributed by atoms with Crippen molar-refractivity contribution in [2.75, 3.05) is 5.32 Å². The minimum atomic E-state index is 0.654. The number of thiophene rings is 1. The molecule has 7 heteroatoms. The van der Waals surface area contributed by atoms with Crippen LogP contribution in [-0.4, -0.2) is 15.2 Å². The number of aryl methyl sites for hydroxylation is 1. The summed E-state index contributed by atoms with van der Waals surface area (Å²) in [6.45, 7) is 2.77. The van der Waals surface area contributed by atoms with Gasteiger partial charge in [0.25, 0.3) is 0 Å². The summed E-state index contributed by atoms with van der Waals surface area (Å²) < 4.78 is 0. The van der Waals surface area contributed by atoms with Gasteiger partial charge in [0, 0.05) is 10.9 Å². The number of rotatable bonds is 5. The molecule has 3 aromatic heterocycles. The number of benzene rings is 1. The average Bonchev–Trinajstić information content (AvgIpc) is 3.34. The Kier molecular flexibility index (Phi) is 4.38. The van der Waals surface area contributed by atoms with E-state index in [9.17, 15) is 0 Å². The van der Waals surface area contributed by atoms with Gasteiger partial charge >= 0.3 is 0 Å². The predicted octanol–water partition coefficient (Wildman–Crippen LogP) is 5.31. The van der Waals surface area contributed by atoms with Crippen molar-refractivity contribution in [1.82, 2.24) is 15.2 Å². The number of hydrogen-bond donors (Lipinski definition) is 1. The van der Waals surface area contributed by atoms with Crippen molar-refractivity contribution in [1.29, 1.82) is 0 Å². The van der Waals surface area contributed by atoms with Crippen LogP contribution in [0.2, 0.25) is 0 Å². The minimum absolute atomic E-state index is 0.654. The molecule has 24 heavy (non-hydrogen) atoms. The van der Waals surface area contributed by atoms with Gasteiger partial charge in [-0.15, -0.1) is 32.9 Å². The topological polar surface area (TPSA) is 50.7 Å². The lowest BCUT2D eigenvalue weighted by molar-refractivity contribution is 1.03. The molecule has 4 aromatic rings. The monoisotopic (exact) mass is 370 g/mol. The molecule has 0 spiro atoms. The van der Waals surface area contributed by atoms with Crippen LogP contribution in [0.15, 0.2) is 47.2 Å². The Morgan fingerprint density at radius 2 is 1.92 bits per heavy atom. The van der Waals surface area contributed by atoms with Crippen LogP contribution in [0.25, 0.3) is 20.5 Å². The van der Waals surface area contributed by atoms with Gasteiger partial charge in [0.1, 0.15) is 5.01 Å². The molecule has 1 aromatic carbocycles. The maximum atomic E-state index is 4.73.